The van der Waals surface area contributed by atoms with Crippen LogP contribution in [0.2, 0.25) is 0 Å². The summed E-state index contributed by atoms with van der Waals surface area (Å²) >= 11 is 0. The van der Waals surface area contributed by atoms with Crippen molar-refractivity contribution in [1.29, 1.82) is 0 Å². The lowest BCUT2D eigenvalue weighted by Crippen LogP contribution is -2.42. The Bertz CT molecular complexity index is 436. The molecular weight excluding hydrogens is 226 g/mol. The van der Waals surface area contributed by atoms with Gasteiger partial charge in [-0.05, 0) is 37.4 Å². The molecule has 2 N–H and O–H groups in total. The summed E-state index contributed by atoms with van der Waals surface area (Å²) in [7, 11) is 0. The molecule has 0 radical (unpaired) electrons. The van der Waals surface area contributed by atoms with E-state index in [2.05, 4.69) is 29.5 Å². The smallest absolute Gasteiger partial charge is 0.232 e. The van der Waals surface area contributed by atoms with Crippen molar-refractivity contribution in [2.75, 3.05) is 18.4 Å². The number of nitrogens with zero attached hydrogens (tertiary/aromatic N) is 1. The molecule has 2 rings (SSSR count). The summed E-state index contributed by atoms with van der Waals surface area (Å²) < 4.78 is 0. The number of aryl methyl sites for hydroxylation is 1. The number of nitrogens with one attached hydrogen (secondary N) is 2. The van der Waals surface area contributed by atoms with Crippen LogP contribution in [0.5, 0.6) is 0 Å². The zero-order chi connectivity index (χ0) is 13.2. The van der Waals surface area contributed by atoms with E-state index in [1.54, 1.807) is 12.4 Å². The van der Waals surface area contributed by atoms with Gasteiger partial charge in [0.2, 0.25) is 5.91 Å². The van der Waals surface area contributed by atoms with Crippen LogP contribution in [-0.4, -0.2) is 24.0 Å². The lowest BCUT2D eigenvalue weighted by Gasteiger charge is -2.31. The van der Waals surface area contributed by atoms with E-state index in [-0.39, 0.29) is 11.3 Å². The standard InChI is InChI=1S/C14H21N3O/c1-10(2)14(5-7-16-9-14)13(18)17-12-4-6-15-8-11(12)3/h4,6,8,10,16H,5,7,9H2,1-3H3,(H,15,17,18). The van der Waals surface area contributed by atoms with Crippen LogP contribution in [0.4, 0.5) is 5.69 Å². The fourth-order valence-electron chi connectivity index (χ4n) is 2.52. The molecule has 1 fully saturated rings. The third kappa shape index (κ3) is 2.25. The SMILES string of the molecule is Cc1cnccc1NC(=O)C1(C(C)C)CCNC1. The highest BCUT2D eigenvalue weighted by atomic mass is 16.2. The molecule has 18 heavy (non-hydrogen) atoms. The van der Waals surface area contributed by atoms with E-state index in [4.69, 9.17) is 0 Å². The van der Waals surface area contributed by atoms with E-state index in [1.165, 1.54) is 0 Å². The average molecular weight is 247 g/mol. The van der Waals surface area contributed by atoms with Crippen molar-refractivity contribution in [3.63, 3.8) is 0 Å². The molecule has 1 unspecified atom stereocenters. The van der Waals surface area contributed by atoms with Crippen molar-refractivity contribution in [2.24, 2.45) is 11.3 Å². The topological polar surface area (TPSA) is 54.0 Å². The third-order valence-electron chi connectivity index (χ3n) is 4.01. The molecule has 0 aliphatic carbocycles. The molecule has 1 saturated heterocycles. The molecule has 1 aromatic heterocycles. The molecule has 0 saturated carbocycles. The number of carbonyl (C=O) groups excluding carboxylic acids is 1. The zero-order valence-electron chi connectivity index (χ0n) is 11.3. The Morgan fingerprint density at radius 3 is 2.89 bits per heavy atom. The Balaban J connectivity index is 2.19. The molecule has 4 heteroatoms. The average Bonchev–Trinajstić information content (AvgIpc) is 2.82. The largest absolute Gasteiger partial charge is 0.325 e. The number of hydrogen-bond donors (Lipinski definition) is 2. The zero-order valence-corrected chi connectivity index (χ0v) is 11.3. The van der Waals surface area contributed by atoms with Gasteiger partial charge in [0.25, 0.3) is 0 Å². The van der Waals surface area contributed by atoms with Gasteiger partial charge in [-0.25, -0.2) is 0 Å². The molecule has 0 aromatic carbocycles. The first-order valence-corrected chi connectivity index (χ1v) is 6.49. The molecule has 1 aromatic rings. The lowest BCUT2D eigenvalue weighted by molar-refractivity contribution is -0.126. The summed E-state index contributed by atoms with van der Waals surface area (Å²) in [6.07, 6.45) is 4.38. The fourth-order valence-corrected chi connectivity index (χ4v) is 2.52. The Morgan fingerprint density at radius 2 is 2.33 bits per heavy atom. The van der Waals surface area contributed by atoms with Crippen molar-refractivity contribution in [3.8, 4) is 0 Å². The first-order valence-electron chi connectivity index (χ1n) is 6.49. The number of aromatic nitrogens is 1. The van der Waals surface area contributed by atoms with Gasteiger partial charge in [0.05, 0.1) is 5.41 Å². The van der Waals surface area contributed by atoms with Crippen molar-refractivity contribution >= 4 is 11.6 Å². The van der Waals surface area contributed by atoms with Gasteiger partial charge >= 0.3 is 0 Å². The van der Waals surface area contributed by atoms with E-state index in [9.17, 15) is 4.79 Å². The van der Waals surface area contributed by atoms with Gasteiger partial charge < -0.3 is 10.6 Å². The number of pyridine rings is 1. The maximum Gasteiger partial charge on any atom is 0.232 e. The Labute approximate surface area is 108 Å². The van der Waals surface area contributed by atoms with E-state index in [1.807, 2.05) is 13.0 Å². The number of hydrogen-bond acceptors (Lipinski definition) is 3. The highest BCUT2D eigenvalue weighted by Gasteiger charge is 2.43. The fraction of sp³-hybridized carbons (Fsp3) is 0.571. The summed E-state index contributed by atoms with van der Waals surface area (Å²) in [5.74, 6) is 0.450. The third-order valence-corrected chi connectivity index (χ3v) is 4.01. The minimum atomic E-state index is -0.282. The van der Waals surface area contributed by atoms with Gasteiger partial charge in [-0.15, -0.1) is 0 Å². The molecule has 1 atom stereocenters. The number of rotatable bonds is 3. The van der Waals surface area contributed by atoms with Gasteiger partial charge in [-0.1, -0.05) is 13.8 Å². The number of carbonyl (C=O) groups is 1. The molecule has 0 spiro atoms. The Kier molecular flexibility index (Phi) is 3.66. The summed E-state index contributed by atoms with van der Waals surface area (Å²) in [5, 5.41) is 6.36. The Morgan fingerprint density at radius 1 is 1.56 bits per heavy atom. The number of amides is 1. The molecule has 1 amide bonds. The highest BCUT2D eigenvalue weighted by Crippen LogP contribution is 2.35. The van der Waals surface area contributed by atoms with Gasteiger partial charge in [-0.3, -0.25) is 9.78 Å². The second kappa shape index (κ2) is 5.06. The first kappa shape index (κ1) is 13.0. The molecule has 2 heterocycles. The molecular formula is C14H21N3O. The predicted octanol–water partition coefficient (Wildman–Crippen LogP) is 1.96. The summed E-state index contributed by atoms with van der Waals surface area (Å²) in [5.41, 5.74) is 1.58. The van der Waals surface area contributed by atoms with Crippen LogP contribution in [0.15, 0.2) is 18.5 Å². The predicted molar refractivity (Wildman–Crippen MR) is 72.4 cm³/mol. The highest BCUT2D eigenvalue weighted by molar-refractivity contribution is 5.96. The minimum absolute atomic E-state index is 0.122. The molecule has 98 valence electrons. The first-order chi connectivity index (χ1) is 8.56. The van der Waals surface area contributed by atoms with Crippen LogP contribution in [0, 0.1) is 18.3 Å². The van der Waals surface area contributed by atoms with Gasteiger partial charge in [0, 0.05) is 24.6 Å². The normalized spacial score (nSPS) is 23.3. The van der Waals surface area contributed by atoms with Crippen LogP contribution in [0.1, 0.15) is 25.8 Å². The summed E-state index contributed by atoms with van der Waals surface area (Å²) in [6, 6.07) is 1.85. The van der Waals surface area contributed by atoms with E-state index >= 15 is 0 Å². The van der Waals surface area contributed by atoms with E-state index in [0.717, 1.165) is 30.8 Å². The maximum absolute atomic E-state index is 12.6. The van der Waals surface area contributed by atoms with Crippen LogP contribution in [0.3, 0.4) is 0 Å². The van der Waals surface area contributed by atoms with Crippen molar-refractivity contribution in [1.82, 2.24) is 10.3 Å². The summed E-state index contributed by atoms with van der Waals surface area (Å²) in [4.78, 5) is 16.6. The lowest BCUT2D eigenvalue weighted by atomic mass is 9.75. The molecule has 1 aliphatic heterocycles. The van der Waals surface area contributed by atoms with Crippen LogP contribution >= 0.6 is 0 Å². The summed E-state index contributed by atoms with van der Waals surface area (Å²) in [6.45, 7) is 7.87. The second-order valence-corrected chi connectivity index (χ2v) is 5.38. The van der Waals surface area contributed by atoms with Crippen LogP contribution in [0.25, 0.3) is 0 Å². The van der Waals surface area contributed by atoms with Crippen molar-refractivity contribution in [3.05, 3.63) is 24.0 Å². The van der Waals surface area contributed by atoms with Crippen LogP contribution < -0.4 is 10.6 Å². The molecule has 1 aliphatic rings. The number of anilines is 1. The van der Waals surface area contributed by atoms with Crippen LogP contribution in [-0.2, 0) is 4.79 Å². The van der Waals surface area contributed by atoms with Gasteiger partial charge in [-0.2, -0.15) is 0 Å². The van der Waals surface area contributed by atoms with E-state index < -0.39 is 0 Å². The van der Waals surface area contributed by atoms with Gasteiger partial charge in [0.15, 0.2) is 0 Å². The Hall–Kier alpha value is -1.42. The van der Waals surface area contributed by atoms with Gasteiger partial charge in [0.1, 0.15) is 0 Å². The second-order valence-electron chi connectivity index (χ2n) is 5.38. The molecule has 0 bridgehead atoms. The maximum atomic E-state index is 12.6. The minimum Gasteiger partial charge on any atom is -0.325 e. The van der Waals surface area contributed by atoms with Crippen molar-refractivity contribution < 1.29 is 4.79 Å². The monoisotopic (exact) mass is 247 g/mol. The molecule has 4 nitrogen and oxygen atoms in total. The van der Waals surface area contributed by atoms with Crippen molar-refractivity contribution in [2.45, 2.75) is 27.2 Å². The van der Waals surface area contributed by atoms with E-state index in [0.29, 0.717) is 5.92 Å². The quantitative estimate of drug-likeness (QED) is 0.858.